The van der Waals surface area contributed by atoms with Crippen molar-refractivity contribution in [2.24, 2.45) is 5.92 Å². The summed E-state index contributed by atoms with van der Waals surface area (Å²) in [5.41, 5.74) is 1.38. The van der Waals surface area contributed by atoms with Crippen molar-refractivity contribution in [1.29, 1.82) is 0 Å². The van der Waals surface area contributed by atoms with Crippen LogP contribution in [-0.2, 0) is 20.9 Å². The van der Waals surface area contributed by atoms with Crippen LogP contribution in [0.3, 0.4) is 0 Å². The van der Waals surface area contributed by atoms with Gasteiger partial charge in [0, 0.05) is 35.6 Å². The normalized spacial score (nSPS) is 14.3. The lowest BCUT2D eigenvalue weighted by Gasteiger charge is -2.29. The van der Waals surface area contributed by atoms with E-state index in [0.29, 0.717) is 10.7 Å². The second-order valence-electron chi connectivity index (χ2n) is 7.47. The molecule has 1 aromatic heterocycles. The molecule has 3 amide bonds. The Morgan fingerprint density at radius 3 is 2.53 bits per heavy atom. The Labute approximate surface area is 180 Å². The van der Waals surface area contributed by atoms with Crippen LogP contribution in [0, 0.1) is 5.92 Å². The number of rotatable bonds is 8. The average molecular weight is 429 g/mol. The molecule has 30 heavy (non-hydrogen) atoms. The van der Waals surface area contributed by atoms with Gasteiger partial charge in [-0.25, -0.2) is 0 Å². The van der Waals surface area contributed by atoms with Gasteiger partial charge >= 0.3 is 0 Å². The van der Waals surface area contributed by atoms with E-state index in [1.807, 2.05) is 6.07 Å². The van der Waals surface area contributed by atoms with Gasteiger partial charge in [-0.05, 0) is 55.7 Å². The number of amides is 3. The van der Waals surface area contributed by atoms with Crippen LogP contribution in [0.1, 0.15) is 31.7 Å². The number of halogens is 1. The molecule has 1 fully saturated rings. The quantitative estimate of drug-likeness (QED) is 0.676. The Kier molecular flexibility index (Phi) is 7.41. The number of pyridine rings is 1. The van der Waals surface area contributed by atoms with Crippen LogP contribution in [-0.4, -0.2) is 40.2 Å². The summed E-state index contributed by atoms with van der Waals surface area (Å²) in [5.74, 6) is -0.779. The van der Waals surface area contributed by atoms with Crippen molar-refractivity contribution >= 4 is 35.0 Å². The monoisotopic (exact) mass is 428 g/mol. The first-order chi connectivity index (χ1) is 14.4. The second kappa shape index (κ2) is 10.2. The van der Waals surface area contributed by atoms with Crippen LogP contribution in [0.5, 0.6) is 0 Å². The van der Waals surface area contributed by atoms with Crippen LogP contribution in [0.15, 0.2) is 48.8 Å². The van der Waals surface area contributed by atoms with Crippen LogP contribution in [0.25, 0.3) is 0 Å². The SMILES string of the molecule is CC(NC(=O)C1CCC1)C(=O)N(CC(=O)Nc1ccc(Cl)cc1)Cc1cccnc1. The predicted octanol–water partition coefficient (Wildman–Crippen LogP) is 3.01. The molecule has 1 heterocycles. The molecule has 0 saturated heterocycles. The van der Waals surface area contributed by atoms with Gasteiger partial charge in [-0.15, -0.1) is 0 Å². The molecular weight excluding hydrogens is 404 g/mol. The van der Waals surface area contributed by atoms with Crippen molar-refractivity contribution in [2.75, 3.05) is 11.9 Å². The highest BCUT2D eigenvalue weighted by atomic mass is 35.5. The fourth-order valence-electron chi connectivity index (χ4n) is 3.17. The minimum Gasteiger partial charge on any atom is -0.344 e. The van der Waals surface area contributed by atoms with Crippen LogP contribution >= 0.6 is 11.6 Å². The van der Waals surface area contributed by atoms with Crippen LogP contribution in [0.2, 0.25) is 5.02 Å². The van der Waals surface area contributed by atoms with Gasteiger partial charge in [0.15, 0.2) is 0 Å². The fourth-order valence-corrected chi connectivity index (χ4v) is 3.29. The van der Waals surface area contributed by atoms with E-state index in [1.54, 1.807) is 49.6 Å². The maximum atomic E-state index is 13.0. The van der Waals surface area contributed by atoms with E-state index in [-0.39, 0.29) is 36.7 Å². The molecule has 8 heteroatoms. The summed E-state index contributed by atoms with van der Waals surface area (Å²) in [4.78, 5) is 43.3. The highest BCUT2D eigenvalue weighted by molar-refractivity contribution is 6.30. The number of benzene rings is 1. The Bertz CT molecular complexity index is 885. The lowest BCUT2D eigenvalue weighted by Crippen LogP contribution is -2.50. The molecule has 1 atom stereocenters. The number of nitrogens with one attached hydrogen (secondary N) is 2. The molecule has 3 rings (SSSR count). The molecule has 0 spiro atoms. The Morgan fingerprint density at radius 1 is 1.20 bits per heavy atom. The third kappa shape index (κ3) is 6.03. The molecule has 1 aliphatic rings. The predicted molar refractivity (Wildman–Crippen MR) is 115 cm³/mol. The van der Waals surface area contributed by atoms with Gasteiger partial charge in [-0.3, -0.25) is 19.4 Å². The van der Waals surface area contributed by atoms with Gasteiger partial charge in [0.25, 0.3) is 0 Å². The van der Waals surface area contributed by atoms with Crippen LogP contribution < -0.4 is 10.6 Å². The summed E-state index contributed by atoms with van der Waals surface area (Å²) < 4.78 is 0. The zero-order chi connectivity index (χ0) is 21.5. The van der Waals surface area contributed by atoms with Crippen molar-refractivity contribution in [3.05, 3.63) is 59.4 Å². The molecule has 7 nitrogen and oxygen atoms in total. The highest BCUT2D eigenvalue weighted by Crippen LogP contribution is 2.26. The Balaban J connectivity index is 1.66. The Hall–Kier alpha value is -2.93. The summed E-state index contributed by atoms with van der Waals surface area (Å²) in [6.45, 7) is 1.70. The number of hydrogen-bond donors (Lipinski definition) is 2. The molecule has 0 aliphatic heterocycles. The standard InChI is InChI=1S/C22H25ClN4O3/c1-15(25-21(29)17-5-2-6-17)22(30)27(13-16-4-3-11-24-12-16)14-20(28)26-19-9-7-18(23)8-10-19/h3-4,7-12,15,17H,2,5-6,13-14H2,1H3,(H,25,29)(H,26,28). The number of nitrogens with zero attached hydrogens (tertiary/aromatic N) is 2. The lowest BCUT2D eigenvalue weighted by atomic mass is 9.84. The number of carbonyl (C=O) groups is 3. The minimum absolute atomic E-state index is 0.0137. The molecule has 1 saturated carbocycles. The number of hydrogen-bond acceptors (Lipinski definition) is 4. The van der Waals surface area contributed by atoms with E-state index in [0.717, 1.165) is 24.8 Å². The largest absolute Gasteiger partial charge is 0.344 e. The molecule has 0 bridgehead atoms. The molecule has 2 aromatic rings. The molecule has 1 aromatic carbocycles. The molecule has 1 unspecified atom stereocenters. The van der Waals surface area contributed by atoms with Crippen molar-refractivity contribution in [3.63, 3.8) is 0 Å². The van der Waals surface area contributed by atoms with Gasteiger partial charge in [-0.1, -0.05) is 24.1 Å². The first-order valence-electron chi connectivity index (χ1n) is 9.96. The fraction of sp³-hybridized carbons (Fsp3) is 0.364. The third-order valence-corrected chi connectivity index (χ3v) is 5.33. The topological polar surface area (TPSA) is 91.4 Å². The zero-order valence-corrected chi connectivity index (χ0v) is 17.6. The minimum atomic E-state index is -0.724. The number of anilines is 1. The first-order valence-corrected chi connectivity index (χ1v) is 10.3. The van der Waals surface area contributed by atoms with E-state index in [9.17, 15) is 14.4 Å². The average Bonchev–Trinajstić information content (AvgIpc) is 2.68. The molecule has 2 N–H and O–H groups in total. The first kappa shape index (κ1) is 21.8. The summed E-state index contributed by atoms with van der Waals surface area (Å²) in [7, 11) is 0. The molecule has 1 aliphatic carbocycles. The van der Waals surface area contributed by atoms with Gasteiger partial charge in [0.1, 0.15) is 12.6 Å². The van der Waals surface area contributed by atoms with Crippen molar-refractivity contribution < 1.29 is 14.4 Å². The maximum absolute atomic E-state index is 13.0. The second-order valence-corrected chi connectivity index (χ2v) is 7.91. The number of carbonyl (C=O) groups excluding carboxylic acids is 3. The summed E-state index contributed by atoms with van der Waals surface area (Å²) >= 11 is 5.87. The van der Waals surface area contributed by atoms with E-state index < -0.39 is 6.04 Å². The molecular formula is C22H25ClN4O3. The van der Waals surface area contributed by atoms with E-state index in [1.165, 1.54) is 4.90 Å². The van der Waals surface area contributed by atoms with Crippen molar-refractivity contribution in [2.45, 2.75) is 38.8 Å². The smallest absolute Gasteiger partial charge is 0.245 e. The van der Waals surface area contributed by atoms with Crippen molar-refractivity contribution in [1.82, 2.24) is 15.2 Å². The zero-order valence-electron chi connectivity index (χ0n) is 16.8. The van der Waals surface area contributed by atoms with Crippen LogP contribution in [0.4, 0.5) is 5.69 Å². The summed E-state index contributed by atoms with van der Waals surface area (Å²) in [6, 6.07) is 9.61. The Morgan fingerprint density at radius 2 is 1.93 bits per heavy atom. The molecule has 158 valence electrons. The summed E-state index contributed by atoms with van der Waals surface area (Å²) in [6.07, 6.45) is 6.04. The van der Waals surface area contributed by atoms with E-state index in [4.69, 9.17) is 11.6 Å². The van der Waals surface area contributed by atoms with E-state index in [2.05, 4.69) is 15.6 Å². The van der Waals surface area contributed by atoms with Gasteiger partial charge in [-0.2, -0.15) is 0 Å². The molecule has 0 radical (unpaired) electrons. The number of aromatic nitrogens is 1. The lowest BCUT2D eigenvalue weighted by molar-refractivity contribution is -0.139. The van der Waals surface area contributed by atoms with Gasteiger partial charge in [0.05, 0.1) is 0 Å². The third-order valence-electron chi connectivity index (χ3n) is 5.08. The maximum Gasteiger partial charge on any atom is 0.245 e. The highest BCUT2D eigenvalue weighted by Gasteiger charge is 2.29. The van der Waals surface area contributed by atoms with Gasteiger partial charge in [0.2, 0.25) is 17.7 Å². The van der Waals surface area contributed by atoms with E-state index >= 15 is 0 Å². The summed E-state index contributed by atoms with van der Waals surface area (Å²) in [5, 5.41) is 6.11. The van der Waals surface area contributed by atoms with Gasteiger partial charge < -0.3 is 15.5 Å². The van der Waals surface area contributed by atoms with Crippen molar-refractivity contribution in [3.8, 4) is 0 Å².